The zero-order valence-electron chi connectivity index (χ0n) is 17.4. The van der Waals surface area contributed by atoms with Crippen molar-refractivity contribution in [2.45, 2.75) is 46.1 Å². The first kappa shape index (κ1) is 21.3. The number of carbonyl (C=O) groups is 1. The molecule has 0 radical (unpaired) electrons. The molecule has 0 aliphatic heterocycles. The number of nitrogen functional groups attached to an aromatic ring is 1. The van der Waals surface area contributed by atoms with Crippen LogP contribution in [-0.4, -0.2) is 27.0 Å². The molecule has 8 heteroatoms. The van der Waals surface area contributed by atoms with E-state index in [9.17, 15) is 14.4 Å². The second kappa shape index (κ2) is 9.39. The molecule has 0 atom stereocenters. The third-order valence-corrected chi connectivity index (χ3v) is 5.02. The van der Waals surface area contributed by atoms with E-state index in [1.807, 2.05) is 44.2 Å². The van der Waals surface area contributed by atoms with Gasteiger partial charge < -0.3 is 5.73 Å². The summed E-state index contributed by atoms with van der Waals surface area (Å²) < 4.78 is 1.32. The first-order chi connectivity index (χ1) is 14.5. The molecule has 0 aliphatic rings. The van der Waals surface area contributed by atoms with Crippen molar-refractivity contribution >= 4 is 28.3 Å². The maximum Gasteiger partial charge on any atom is 0.330 e. The summed E-state index contributed by atoms with van der Waals surface area (Å²) in [6, 6.07) is 11.0. The lowest BCUT2D eigenvalue weighted by molar-refractivity contribution is 0.0982. The number of nitrogens with zero attached hydrogens (tertiary/aromatic N) is 3. The normalized spacial score (nSPS) is 11.0. The van der Waals surface area contributed by atoms with Crippen molar-refractivity contribution in [1.82, 2.24) is 14.5 Å². The van der Waals surface area contributed by atoms with Crippen LogP contribution in [0, 0.1) is 0 Å². The molecule has 1 aromatic carbocycles. The third kappa shape index (κ3) is 4.27. The van der Waals surface area contributed by atoms with Gasteiger partial charge in [0, 0.05) is 18.5 Å². The number of pyridine rings is 1. The van der Waals surface area contributed by atoms with E-state index in [-0.39, 0.29) is 17.2 Å². The van der Waals surface area contributed by atoms with Gasteiger partial charge >= 0.3 is 5.69 Å². The Morgan fingerprint density at radius 1 is 1.10 bits per heavy atom. The number of nitrogens with two attached hydrogens (primary N) is 1. The van der Waals surface area contributed by atoms with Crippen molar-refractivity contribution in [3.63, 3.8) is 0 Å². The summed E-state index contributed by atoms with van der Waals surface area (Å²) in [5, 5.41) is 0.916. The lowest BCUT2D eigenvalue weighted by Crippen LogP contribution is -2.42. The maximum atomic E-state index is 13.4. The number of aromatic amines is 1. The van der Waals surface area contributed by atoms with Crippen LogP contribution in [0.25, 0.3) is 10.9 Å². The molecule has 2 heterocycles. The van der Waals surface area contributed by atoms with Crippen LogP contribution in [0.4, 0.5) is 11.5 Å². The molecule has 3 aromatic rings. The number of H-pyrrole nitrogens is 1. The van der Waals surface area contributed by atoms with Gasteiger partial charge in [-0.15, -0.1) is 0 Å². The van der Waals surface area contributed by atoms with Crippen molar-refractivity contribution in [1.29, 1.82) is 0 Å². The molecular formula is C22H27N5O3. The molecule has 0 unspecified atom stereocenters. The van der Waals surface area contributed by atoms with Crippen molar-refractivity contribution in [2.24, 2.45) is 0 Å². The minimum atomic E-state index is -0.671. The first-order valence-corrected chi connectivity index (χ1v) is 10.3. The summed E-state index contributed by atoms with van der Waals surface area (Å²) >= 11 is 0. The number of aromatic nitrogens is 3. The van der Waals surface area contributed by atoms with Gasteiger partial charge in [0.05, 0.1) is 5.52 Å². The molecule has 3 N–H and O–H groups in total. The highest BCUT2D eigenvalue weighted by Crippen LogP contribution is 2.21. The predicted octanol–water partition coefficient (Wildman–Crippen LogP) is 2.91. The fraction of sp³-hybridized carbons (Fsp3) is 0.364. The standard InChI is InChI=1S/C22H27N5O3/c1-3-5-13-26(18-19(23)27(14-6-4-2)22(30)25-20(18)28)21(29)17-12-11-15-9-7-8-10-16(15)24-17/h7-12H,3-6,13-14,23H2,1-2H3,(H,25,28,30). The number of carbonyl (C=O) groups excluding carboxylic acids is 1. The van der Waals surface area contributed by atoms with E-state index in [2.05, 4.69) is 9.97 Å². The molecule has 1 amide bonds. The number of amides is 1. The lowest BCUT2D eigenvalue weighted by Gasteiger charge is -2.24. The number of anilines is 2. The smallest absolute Gasteiger partial charge is 0.330 e. The second-order valence-electron chi connectivity index (χ2n) is 7.20. The van der Waals surface area contributed by atoms with Gasteiger partial charge in [0.15, 0.2) is 5.69 Å². The second-order valence-corrected chi connectivity index (χ2v) is 7.20. The topological polar surface area (TPSA) is 114 Å². The third-order valence-electron chi connectivity index (χ3n) is 5.02. The summed E-state index contributed by atoms with van der Waals surface area (Å²) in [4.78, 5) is 46.4. The van der Waals surface area contributed by atoms with Crippen LogP contribution < -0.4 is 21.9 Å². The van der Waals surface area contributed by atoms with Crippen LogP contribution in [0.2, 0.25) is 0 Å². The van der Waals surface area contributed by atoms with Crippen molar-refractivity contribution in [2.75, 3.05) is 17.2 Å². The number of hydrogen-bond acceptors (Lipinski definition) is 5. The van der Waals surface area contributed by atoms with E-state index in [0.29, 0.717) is 25.0 Å². The van der Waals surface area contributed by atoms with Gasteiger partial charge in [-0.25, -0.2) is 9.78 Å². The van der Waals surface area contributed by atoms with Crippen LogP contribution in [0.3, 0.4) is 0 Å². The molecule has 0 bridgehead atoms. The van der Waals surface area contributed by atoms with E-state index in [4.69, 9.17) is 5.73 Å². The number of unbranched alkanes of at least 4 members (excludes halogenated alkanes) is 2. The summed E-state index contributed by atoms with van der Waals surface area (Å²) in [5.41, 5.74) is 5.90. The average molecular weight is 409 g/mol. The van der Waals surface area contributed by atoms with Gasteiger partial charge in [0.25, 0.3) is 11.5 Å². The minimum Gasteiger partial charge on any atom is -0.383 e. The zero-order chi connectivity index (χ0) is 21.7. The monoisotopic (exact) mass is 409 g/mol. The number of benzene rings is 1. The van der Waals surface area contributed by atoms with Gasteiger partial charge in [0.2, 0.25) is 0 Å². The molecular weight excluding hydrogens is 382 g/mol. The highest BCUT2D eigenvalue weighted by molar-refractivity contribution is 6.06. The number of hydrogen-bond donors (Lipinski definition) is 2. The van der Waals surface area contributed by atoms with E-state index < -0.39 is 17.2 Å². The van der Waals surface area contributed by atoms with Gasteiger partial charge in [-0.3, -0.25) is 24.0 Å². The van der Waals surface area contributed by atoms with E-state index in [1.165, 1.54) is 9.47 Å². The fourth-order valence-electron chi connectivity index (χ4n) is 3.33. The van der Waals surface area contributed by atoms with Gasteiger partial charge in [-0.1, -0.05) is 51.0 Å². The highest BCUT2D eigenvalue weighted by Gasteiger charge is 2.25. The van der Waals surface area contributed by atoms with Gasteiger partial charge in [0.1, 0.15) is 11.5 Å². The molecule has 3 rings (SSSR count). The van der Waals surface area contributed by atoms with Crippen molar-refractivity contribution in [3.05, 3.63) is 62.9 Å². The van der Waals surface area contributed by atoms with Crippen LogP contribution >= 0.6 is 0 Å². The van der Waals surface area contributed by atoms with Crippen LogP contribution in [0.15, 0.2) is 46.0 Å². The molecule has 8 nitrogen and oxygen atoms in total. The molecule has 2 aromatic heterocycles. The summed E-state index contributed by atoms with van der Waals surface area (Å²) in [6.45, 7) is 4.65. The summed E-state index contributed by atoms with van der Waals surface area (Å²) in [5.74, 6) is -0.422. The first-order valence-electron chi connectivity index (χ1n) is 10.3. The Labute approximate surface area is 174 Å². The molecule has 0 fully saturated rings. The summed E-state index contributed by atoms with van der Waals surface area (Å²) in [6.07, 6.45) is 3.08. The van der Waals surface area contributed by atoms with Gasteiger partial charge in [-0.2, -0.15) is 0 Å². The Morgan fingerprint density at radius 3 is 2.57 bits per heavy atom. The van der Waals surface area contributed by atoms with E-state index in [0.717, 1.165) is 24.6 Å². The zero-order valence-corrected chi connectivity index (χ0v) is 17.4. The Kier molecular flexibility index (Phi) is 6.66. The van der Waals surface area contributed by atoms with E-state index in [1.54, 1.807) is 6.07 Å². The number of rotatable bonds is 8. The van der Waals surface area contributed by atoms with E-state index >= 15 is 0 Å². The fourth-order valence-corrected chi connectivity index (χ4v) is 3.33. The number of para-hydroxylation sites is 1. The molecule has 158 valence electrons. The maximum absolute atomic E-state index is 13.4. The molecule has 0 saturated heterocycles. The highest BCUT2D eigenvalue weighted by atomic mass is 16.2. The minimum absolute atomic E-state index is 0.000823. The summed E-state index contributed by atoms with van der Waals surface area (Å²) in [7, 11) is 0. The SMILES string of the molecule is CCCCN(C(=O)c1ccc2ccccc2n1)c1c(N)n(CCCC)c(=O)[nH]c1=O. The van der Waals surface area contributed by atoms with Crippen molar-refractivity contribution < 1.29 is 4.79 Å². The Balaban J connectivity index is 2.10. The largest absolute Gasteiger partial charge is 0.383 e. The molecule has 0 spiro atoms. The van der Waals surface area contributed by atoms with Crippen molar-refractivity contribution in [3.8, 4) is 0 Å². The van der Waals surface area contributed by atoms with Crippen LogP contribution in [0.1, 0.15) is 50.0 Å². The quantitative estimate of drug-likeness (QED) is 0.594. The molecule has 30 heavy (non-hydrogen) atoms. The Hall–Kier alpha value is -3.42. The average Bonchev–Trinajstić information content (AvgIpc) is 2.75. The predicted molar refractivity (Wildman–Crippen MR) is 119 cm³/mol. The van der Waals surface area contributed by atoms with Crippen LogP contribution in [-0.2, 0) is 6.54 Å². The molecule has 0 saturated carbocycles. The lowest BCUT2D eigenvalue weighted by atomic mass is 10.2. The van der Waals surface area contributed by atoms with Crippen LogP contribution in [0.5, 0.6) is 0 Å². The van der Waals surface area contributed by atoms with Gasteiger partial charge in [-0.05, 0) is 25.0 Å². The Morgan fingerprint density at radius 2 is 1.83 bits per heavy atom. The Bertz CT molecular complexity index is 1170. The number of nitrogens with one attached hydrogen (secondary N) is 1. The molecule has 0 aliphatic carbocycles. The number of fused-ring (bicyclic) bond motifs is 1.